The largest absolute Gasteiger partial charge is 0.481 e. The summed E-state index contributed by atoms with van der Waals surface area (Å²) < 4.78 is 14.3. The SMILES string of the molecule is O=C(O)CC(c1ccc(CN2CCCC2)c(F)c1)C1CC1. The second-order valence-corrected chi connectivity index (χ2v) is 6.38. The van der Waals surface area contributed by atoms with Crippen molar-refractivity contribution >= 4 is 5.97 Å². The summed E-state index contributed by atoms with van der Waals surface area (Å²) in [5, 5.41) is 9.04. The molecular formula is C17H22FNO2. The minimum atomic E-state index is -0.798. The molecule has 21 heavy (non-hydrogen) atoms. The van der Waals surface area contributed by atoms with Crippen molar-refractivity contribution in [3.05, 3.63) is 35.1 Å². The van der Waals surface area contributed by atoms with E-state index < -0.39 is 5.97 Å². The maximum atomic E-state index is 14.3. The maximum Gasteiger partial charge on any atom is 0.303 e. The molecule has 0 amide bonds. The lowest BCUT2D eigenvalue weighted by Crippen LogP contribution is -2.19. The molecule has 4 heteroatoms. The first kappa shape index (κ1) is 14.5. The second-order valence-electron chi connectivity index (χ2n) is 6.38. The van der Waals surface area contributed by atoms with Gasteiger partial charge in [0, 0.05) is 12.1 Å². The molecule has 1 saturated heterocycles. The van der Waals surface area contributed by atoms with E-state index in [0.717, 1.165) is 37.1 Å². The van der Waals surface area contributed by atoms with Crippen LogP contribution in [-0.4, -0.2) is 29.1 Å². The Morgan fingerprint density at radius 3 is 2.62 bits per heavy atom. The normalized spacial score (nSPS) is 20.6. The molecule has 1 N–H and O–H groups in total. The van der Waals surface area contributed by atoms with Gasteiger partial charge in [0.2, 0.25) is 0 Å². The number of rotatable bonds is 6. The zero-order valence-electron chi connectivity index (χ0n) is 12.2. The Bertz CT molecular complexity index is 522. The van der Waals surface area contributed by atoms with Gasteiger partial charge >= 0.3 is 5.97 Å². The predicted molar refractivity (Wildman–Crippen MR) is 78.6 cm³/mol. The molecule has 1 atom stereocenters. The molecule has 1 saturated carbocycles. The zero-order chi connectivity index (χ0) is 14.8. The van der Waals surface area contributed by atoms with Gasteiger partial charge in [-0.1, -0.05) is 12.1 Å². The van der Waals surface area contributed by atoms with E-state index in [1.165, 1.54) is 12.8 Å². The molecule has 1 unspecified atom stereocenters. The van der Waals surface area contributed by atoms with Gasteiger partial charge < -0.3 is 5.11 Å². The molecule has 3 rings (SSSR count). The molecule has 2 fully saturated rings. The Hall–Kier alpha value is -1.42. The van der Waals surface area contributed by atoms with Gasteiger partial charge in [-0.05, 0) is 62.2 Å². The topological polar surface area (TPSA) is 40.5 Å². The van der Waals surface area contributed by atoms with Crippen LogP contribution in [0.1, 0.15) is 49.1 Å². The molecule has 3 nitrogen and oxygen atoms in total. The van der Waals surface area contributed by atoms with E-state index in [1.807, 2.05) is 12.1 Å². The lowest BCUT2D eigenvalue weighted by molar-refractivity contribution is -0.137. The Labute approximate surface area is 124 Å². The maximum absolute atomic E-state index is 14.3. The predicted octanol–water partition coefficient (Wildman–Crippen LogP) is 3.39. The van der Waals surface area contributed by atoms with Crippen molar-refractivity contribution in [3.63, 3.8) is 0 Å². The quantitative estimate of drug-likeness (QED) is 0.873. The first-order valence-corrected chi connectivity index (χ1v) is 7.86. The molecule has 114 valence electrons. The van der Waals surface area contributed by atoms with Crippen molar-refractivity contribution < 1.29 is 14.3 Å². The van der Waals surface area contributed by atoms with Crippen LogP contribution in [0.25, 0.3) is 0 Å². The number of nitrogens with zero attached hydrogens (tertiary/aromatic N) is 1. The van der Waals surface area contributed by atoms with Gasteiger partial charge in [-0.3, -0.25) is 9.69 Å². The number of carbonyl (C=O) groups is 1. The van der Waals surface area contributed by atoms with E-state index in [1.54, 1.807) is 6.07 Å². The molecule has 2 aliphatic rings. The average Bonchev–Trinajstić information content (AvgIpc) is 3.16. The summed E-state index contributed by atoms with van der Waals surface area (Å²) in [5.41, 5.74) is 1.58. The third kappa shape index (κ3) is 3.62. The lowest BCUT2D eigenvalue weighted by Gasteiger charge is -2.18. The summed E-state index contributed by atoms with van der Waals surface area (Å²) in [6, 6.07) is 5.35. The van der Waals surface area contributed by atoms with Crippen LogP contribution in [0.3, 0.4) is 0 Å². The van der Waals surface area contributed by atoms with Crippen LogP contribution >= 0.6 is 0 Å². The van der Waals surface area contributed by atoms with E-state index in [0.29, 0.717) is 12.5 Å². The first-order valence-electron chi connectivity index (χ1n) is 7.86. The highest BCUT2D eigenvalue weighted by molar-refractivity contribution is 5.68. The van der Waals surface area contributed by atoms with E-state index in [-0.39, 0.29) is 18.2 Å². The Kier molecular flexibility index (Phi) is 4.24. The highest BCUT2D eigenvalue weighted by atomic mass is 19.1. The van der Waals surface area contributed by atoms with Gasteiger partial charge in [0.05, 0.1) is 6.42 Å². The molecule has 0 bridgehead atoms. The van der Waals surface area contributed by atoms with Gasteiger partial charge in [-0.25, -0.2) is 4.39 Å². The van der Waals surface area contributed by atoms with Gasteiger partial charge in [-0.2, -0.15) is 0 Å². The summed E-state index contributed by atoms with van der Waals surface area (Å²) in [6.45, 7) is 2.76. The summed E-state index contributed by atoms with van der Waals surface area (Å²) >= 11 is 0. The van der Waals surface area contributed by atoms with E-state index in [9.17, 15) is 9.18 Å². The van der Waals surface area contributed by atoms with Crippen molar-refractivity contribution in [2.45, 2.75) is 44.6 Å². The molecule has 1 aromatic carbocycles. The number of benzene rings is 1. The van der Waals surface area contributed by atoms with E-state index in [4.69, 9.17) is 5.11 Å². The molecule has 1 aliphatic carbocycles. The molecule has 0 aromatic heterocycles. The fourth-order valence-electron chi connectivity index (χ4n) is 3.35. The van der Waals surface area contributed by atoms with Crippen molar-refractivity contribution in [2.75, 3.05) is 13.1 Å². The number of likely N-dealkylation sites (tertiary alicyclic amines) is 1. The number of hydrogen-bond acceptors (Lipinski definition) is 2. The third-order valence-corrected chi connectivity index (χ3v) is 4.68. The van der Waals surface area contributed by atoms with Gasteiger partial charge in [0.25, 0.3) is 0 Å². The summed E-state index contributed by atoms with van der Waals surface area (Å²) in [5.74, 6) is -0.591. The minimum absolute atomic E-state index is 0.0298. The Balaban J connectivity index is 1.74. The first-order chi connectivity index (χ1) is 10.1. The number of halogens is 1. The summed E-state index contributed by atoms with van der Waals surface area (Å²) in [7, 11) is 0. The van der Waals surface area contributed by atoms with Gasteiger partial charge in [0.1, 0.15) is 5.82 Å². The van der Waals surface area contributed by atoms with Crippen molar-refractivity contribution in [1.29, 1.82) is 0 Å². The zero-order valence-corrected chi connectivity index (χ0v) is 12.2. The standard InChI is InChI=1S/C17H22FNO2/c18-16-9-13(15(10-17(20)21)12-3-4-12)5-6-14(16)11-19-7-1-2-8-19/h5-6,9,12,15H,1-4,7-8,10-11H2,(H,20,21). The van der Waals surface area contributed by atoms with Crippen LogP contribution in [0.5, 0.6) is 0 Å². The minimum Gasteiger partial charge on any atom is -0.481 e. The average molecular weight is 291 g/mol. The van der Waals surface area contributed by atoms with E-state index >= 15 is 0 Å². The van der Waals surface area contributed by atoms with Crippen molar-refractivity contribution in [3.8, 4) is 0 Å². The smallest absolute Gasteiger partial charge is 0.303 e. The highest BCUT2D eigenvalue weighted by Gasteiger charge is 2.34. The molecular weight excluding hydrogens is 269 g/mol. The Morgan fingerprint density at radius 2 is 2.05 bits per heavy atom. The van der Waals surface area contributed by atoms with Crippen LogP contribution in [0, 0.1) is 11.7 Å². The van der Waals surface area contributed by atoms with Crippen LogP contribution < -0.4 is 0 Å². The van der Waals surface area contributed by atoms with Crippen LogP contribution in [0.15, 0.2) is 18.2 Å². The molecule has 1 aliphatic heterocycles. The van der Waals surface area contributed by atoms with Gasteiger partial charge in [-0.15, -0.1) is 0 Å². The third-order valence-electron chi connectivity index (χ3n) is 4.68. The molecule has 1 heterocycles. The molecule has 0 radical (unpaired) electrons. The highest BCUT2D eigenvalue weighted by Crippen LogP contribution is 2.44. The number of carboxylic acid groups (broad SMARTS) is 1. The molecule has 1 aromatic rings. The summed E-state index contributed by atoms with van der Waals surface area (Å²) in [4.78, 5) is 13.3. The monoisotopic (exact) mass is 291 g/mol. The van der Waals surface area contributed by atoms with Crippen LogP contribution in [0.2, 0.25) is 0 Å². The van der Waals surface area contributed by atoms with E-state index in [2.05, 4.69) is 4.90 Å². The fourth-order valence-corrected chi connectivity index (χ4v) is 3.35. The fraction of sp³-hybridized carbons (Fsp3) is 0.588. The number of hydrogen-bond donors (Lipinski definition) is 1. The Morgan fingerprint density at radius 1 is 1.33 bits per heavy atom. The summed E-state index contributed by atoms with van der Waals surface area (Å²) in [6.07, 6.45) is 4.63. The second kappa shape index (κ2) is 6.14. The number of aliphatic carboxylic acids is 1. The lowest BCUT2D eigenvalue weighted by atomic mass is 9.90. The number of carboxylic acids is 1. The van der Waals surface area contributed by atoms with Crippen molar-refractivity contribution in [1.82, 2.24) is 4.90 Å². The van der Waals surface area contributed by atoms with Crippen molar-refractivity contribution in [2.24, 2.45) is 5.92 Å². The molecule has 0 spiro atoms. The van der Waals surface area contributed by atoms with Gasteiger partial charge in [0.15, 0.2) is 0 Å². The van der Waals surface area contributed by atoms with Crippen LogP contribution in [-0.2, 0) is 11.3 Å². The van der Waals surface area contributed by atoms with Crippen LogP contribution in [0.4, 0.5) is 4.39 Å².